The minimum Gasteiger partial charge on any atom is -0.508 e. The normalized spacial score (nSPS) is 10.4. The quantitative estimate of drug-likeness (QED) is 0.871. The zero-order valence-electron chi connectivity index (χ0n) is 10.7. The van der Waals surface area contributed by atoms with E-state index in [1.165, 1.54) is 0 Å². The minimum atomic E-state index is 0.0450. The molecule has 6 heteroatoms. The summed E-state index contributed by atoms with van der Waals surface area (Å²) in [6.45, 7) is 1.05. The first-order chi connectivity index (χ1) is 9.15. The molecule has 19 heavy (non-hydrogen) atoms. The average molecular weight is 260 g/mol. The fourth-order valence-corrected chi connectivity index (χ4v) is 1.72. The van der Waals surface area contributed by atoms with Gasteiger partial charge >= 0.3 is 0 Å². The molecule has 0 spiro atoms. The third-order valence-corrected chi connectivity index (χ3v) is 2.81. The number of hydrogen-bond acceptors (Lipinski definition) is 4. The molecule has 2 aromatic rings. The first-order valence-corrected chi connectivity index (χ1v) is 6.01. The van der Waals surface area contributed by atoms with Crippen LogP contribution in [0.3, 0.4) is 0 Å². The molecular weight excluding hydrogens is 244 g/mol. The van der Waals surface area contributed by atoms with Crippen LogP contribution in [0.25, 0.3) is 0 Å². The highest BCUT2D eigenvalue weighted by Gasteiger charge is 2.09. The second kappa shape index (κ2) is 5.99. The largest absolute Gasteiger partial charge is 0.508 e. The summed E-state index contributed by atoms with van der Waals surface area (Å²) in [5.74, 6) is 0.271. The van der Waals surface area contributed by atoms with Crippen LogP contribution in [0.2, 0.25) is 0 Å². The lowest BCUT2D eigenvalue weighted by Gasteiger charge is -2.17. The maximum absolute atomic E-state index is 11.9. The van der Waals surface area contributed by atoms with E-state index in [-0.39, 0.29) is 11.7 Å². The smallest absolute Gasteiger partial charge is 0.224 e. The summed E-state index contributed by atoms with van der Waals surface area (Å²) in [6, 6.07) is 6.83. The number of carbonyl (C=O) groups excluding carboxylic acids is 1. The number of benzene rings is 1. The van der Waals surface area contributed by atoms with Gasteiger partial charge in [0.15, 0.2) is 0 Å². The van der Waals surface area contributed by atoms with Gasteiger partial charge in [-0.05, 0) is 17.7 Å². The highest BCUT2D eigenvalue weighted by atomic mass is 16.3. The van der Waals surface area contributed by atoms with E-state index < -0.39 is 0 Å². The summed E-state index contributed by atoms with van der Waals surface area (Å²) in [4.78, 5) is 13.6. The van der Waals surface area contributed by atoms with E-state index in [1.807, 2.05) is 0 Å². The van der Waals surface area contributed by atoms with Crippen molar-refractivity contribution in [2.75, 3.05) is 7.05 Å². The van der Waals surface area contributed by atoms with Gasteiger partial charge in [-0.25, -0.2) is 0 Å². The zero-order chi connectivity index (χ0) is 13.7. The van der Waals surface area contributed by atoms with E-state index in [1.54, 1.807) is 53.3 Å². The van der Waals surface area contributed by atoms with Gasteiger partial charge in [-0.3, -0.25) is 9.48 Å². The standard InChI is InChI=1S/C13H16N4O2/c1-16(10-11-2-4-12(18)5-3-11)13(19)6-8-17-9-7-14-15-17/h2-5,7,9,18H,6,8,10H2,1H3. The summed E-state index contributed by atoms with van der Waals surface area (Å²) in [7, 11) is 1.76. The van der Waals surface area contributed by atoms with Crippen LogP contribution in [0.1, 0.15) is 12.0 Å². The Morgan fingerprint density at radius 1 is 1.37 bits per heavy atom. The lowest BCUT2D eigenvalue weighted by molar-refractivity contribution is -0.130. The average Bonchev–Trinajstić information content (AvgIpc) is 2.91. The Hall–Kier alpha value is -2.37. The van der Waals surface area contributed by atoms with Gasteiger partial charge < -0.3 is 10.0 Å². The van der Waals surface area contributed by atoms with Crippen LogP contribution in [0, 0.1) is 0 Å². The van der Waals surface area contributed by atoms with E-state index in [2.05, 4.69) is 10.3 Å². The third kappa shape index (κ3) is 3.80. The zero-order valence-corrected chi connectivity index (χ0v) is 10.7. The minimum absolute atomic E-state index is 0.0450. The molecule has 1 heterocycles. The molecular formula is C13H16N4O2. The molecule has 1 N–H and O–H groups in total. The van der Waals surface area contributed by atoms with Crippen LogP contribution in [0.15, 0.2) is 36.7 Å². The number of rotatable bonds is 5. The number of hydrogen-bond donors (Lipinski definition) is 1. The maximum atomic E-state index is 11.9. The van der Waals surface area contributed by atoms with Crippen molar-refractivity contribution >= 4 is 5.91 Å². The van der Waals surface area contributed by atoms with E-state index >= 15 is 0 Å². The molecule has 1 aromatic carbocycles. The first kappa shape index (κ1) is 13.1. The third-order valence-electron chi connectivity index (χ3n) is 2.81. The van der Waals surface area contributed by atoms with Crippen LogP contribution >= 0.6 is 0 Å². The highest BCUT2D eigenvalue weighted by Crippen LogP contribution is 2.11. The molecule has 0 saturated carbocycles. The van der Waals surface area contributed by atoms with Gasteiger partial charge in [0, 0.05) is 26.2 Å². The summed E-state index contributed by atoms with van der Waals surface area (Å²) in [6.07, 6.45) is 3.70. The van der Waals surface area contributed by atoms with Crippen LogP contribution in [0.5, 0.6) is 5.75 Å². The number of phenolic OH excluding ortho intramolecular Hbond substituents is 1. The van der Waals surface area contributed by atoms with Gasteiger partial charge in [-0.15, -0.1) is 5.10 Å². The molecule has 0 atom stereocenters. The number of aromatic nitrogens is 3. The number of phenols is 1. The Balaban J connectivity index is 1.83. The second-order valence-corrected chi connectivity index (χ2v) is 4.33. The van der Waals surface area contributed by atoms with Gasteiger partial charge in [0.25, 0.3) is 0 Å². The molecule has 0 aliphatic carbocycles. The molecule has 1 amide bonds. The molecule has 2 rings (SSSR count). The van der Waals surface area contributed by atoms with Gasteiger partial charge in [0.05, 0.1) is 12.7 Å². The predicted octanol–water partition coefficient (Wildman–Crippen LogP) is 1.03. The van der Waals surface area contributed by atoms with Gasteiger partial charge in [0.1, 0.15) is 5.75 Å². The van der Waals surface area contributed by atoms with Gasteiger partial charge in [0.2, 0.25) is 5.91 Å². The molecule has 0 aliphatic rings. The van der Waals surface area contributed by atoms with Gasteiger partial charge in [-0.1, -0.05) is 17.3 Å². The van der Waals surface area contributed by atoms with E-state index in [9.17, 15) is 9.90 Å². The Bertz CT molecular complexity index is 522. The maximum Gasteiger partial charge on any atom is 0.224 e. The summed E-state index contributed by atoms with van der Waals surface area (Å²) < 4.78 is 1.63. The van der Waals surface area contributed by atoms with E-state index in [0.717, 1.165) is 5.56 Å². The Morgan fingerprint density at radius 2 is 2.11 bits per heavy atom. The molecule has 0 fully saturated rings. The number of nitrogens with zero attached hydrogens (tertiary/aromatic N) is 4. The number of carbonyl (C=O) groups is 1. The Kier molecular flexibility index (Phi) is 4.12. The van der Waals surface area contributed by atoms with Crippen molar-refractivity contribution in [1.82, 2.24) is 19.9 Å². The molecule has 6 nitrogen and oxygen atoms in total. The van der Waals surface area contributed by atoms with Crippen molar-refractivity contribution < 1.29 is 9.90 Å². The van der Waals surface area contributed by atoms with Crippen molar-refractivity contribution in [2.45, 2.75) is 19.5 Å². The summed E-state index contributed by atoms with van der Waals surface area (Å²) in [5.41, 5.74) is 0.981. The summed E-state index contributed by atoms with van der Waals surface area (Å²) in [5, 5.41) is 16.7. The lowest BCUT2D eigenvalue weighted by Crippen LogP contribution is -2.27. The van der Waals surface area contributed by atoms with Crippen LogP contribution in [-0.4, -0.2) is 38.0 Å². The number of aromatic hydroxyl groups is 1. The first-order valence-electron chi connectivity index (χ1n) is 6.01. The topological polar surface area (TPSA) is 71.2 Å². The molecule has 0 saturated heterocycles. The SMILES string of the molecule is CN(Cc1ccc(O)cc1)C(=O)CCn1ccnn1. The molecule has 0 aliphatic heterocycles. The Morgan fingerprint density at radius 3 is 2.74 bits per heavy atom. The fraction of sp³-hybridized carbons (Fsp3) is 0.308. The molecule has 100 valence electrons. The van der Waals surface area contributed by atoms with Crippen molar-refractivity contribution in [3.63, 3.8) is 0 Å². The van der Waals surface area contributed by atoms with Crippen LogP contribution < -0.4 is 0 Å². The summed E-state index contributed by atoms with van der Waals surface area (Å²) >= 11 is 0. The van der Waals surface area contributed by atoms with Gasteiger partial charge in [-0.2, -0.15) is 0 Å². The van der Waals surface area contributed by atoms with Crippen molar-refractivity contribution in [2.24, 2.45) is 0 Å². The van der Waals surface area contributed by atoms with Crippen molar-refractivity contribution in [3.05, 3.63) is 42.2 Å². The van der Waals surface area contributed by atoms with E-state index in [4.69, 9.17) is 0 Å². The highest BCUT2D eigenvalue weighted by molar-refractivity contribution is 5.75. The van der Waals surface area contributed by atoms with E-state index in [0.29, 0.717) is 19.5 Å². The molecule has 1 aromatic heterocycles. The number of amides is 1. The van der Waals surface area contributed by atoms with Crippen molar-refractivity contribution in [3.8, 4) is 5.75 Å². The van der Waals surface area contributed by atoms with Crippen LogP contribution in [0.4, 0.5) is 0 Å². The lowest BCUT2D eigenvalue weighted by atomic mass is 10.2. The molecule has 0 unspecified atom stereocenters. The Labute approximate surface area is 111 Å². The van der Waals surface area contributed by atoms with Crippen LogP contribution in [-0.2, 0) is 17.9 Å². The monoisotopic (exact) mass is 260 g/mol. The number of aryl methyl sites for hydroxylation is 1. The predicted molar refractivity (Wildman–Crippen MR) is 69.2 cm³/mol. The van der Waals surface area contributed by atoms with Crippen molar-refractivity contribution in [1.29, 1.82) is 0 Å². The second-order valence-electron chi connectivity index (χ2n) is 4.33. The fourth-order valence-electron chi connectivity index (χ4n) is 1.72. The molecule has 0 bridgehead atoms. The molecule has 0 radical (unpaired) electrons.